The Hall–Kier alpha value is -0.790. The first kappa shape index (κ1) is 13.3. The largest absolute Gasteiger partial charge is 0.394 e. The van der Waals surface area contributed by atoms with Crippen molar-refractivity contribution < 1.29 is 9.84 Å². The first-order valence-corrected chi connectivity index (χ1v) is 6.24. The average molecular weight is 247 g/mol. The average Bonchev–Trinajstić information content (AvgIpc) is 2.62. The van der Waals surface area contributed by atoms with Crippen molar-refractivity contribution in [2.75, 3.05) is 25.6 Å². The van der Waals surface area contributed by atoms with Gasteiger partial charge in [0.2, 0.25) is 0 Å². The maximum Gasteiger partial charge on any atom is 0.343 e. The molecule has 92 valence electrons. The van der Waals surface area contributed by atoms with Crippen LogP contribution in [0.15, 0.2) is 9.95 Å². The van der Waals surface area contributed by atoms with Crippen LogP contribution in [0.1, 0.15) is 13.3 Å². The Morgan fingerprint density at radius 3 is 3.06 bits per heavy atom. The Balaban J connectivity index is 2.38. The number of H-pyrrole nitrogens is 1. The summed E-state index contributed by atoms with van der Waals surface area (Å²) < 4.78 is 6.74. The van der Waals surface area contributed by atoms with E-state index in [1.807, 2.05) is 6.92 Å². The number of hydrogen-bond acceptors (Lipinski definition) is 5. The van der Waals surface area contributed by atoms with Crippen LogP contribution in [0.25, 0.3) is 0 Å². The zero-order valence-corrected chi connectivity index (χ0v) is 10.1. The molecule has 0 atom stereocenters. The summed E-state index contributed by atoms with van der Waals surface area (Å²) >= 11 is 1.47. The maximum absolute atomic E-state index is 11.3. The lowest BCUT2D eigenvalue weighted by Crippen LogP contribution is -2.17. The SMILES string of the molecule is CCCn1c(SCCOCCO)n[nH]c1=O. The highest BCUT2D eigenvalue weighted by Gasteiger charge is 2.07. The van der Waals surface area contributed by atoms with Crippen molar-refractivity contribution in [3.63, 3.8) is 0 Å². The van der Waals surface area contributed by atoms with Crippen LogP contribution in [0.5, 0.6) is 0 Å². The van der Waals surface area contributed by atoms with Crippen LogP contribution in [0.2, 0.25) is 0 Å². The van der Waals surface area contributed by atoms with Gasteiger partial charge in [0, 0.05) is 12.3 Å². The molecular weight excluding hydrogens is 230 g/mol. The van der Waals surface area contributed by atoms with E-state index in [-0.39, 0.29) is 12.3 Å². The summed E-state index contributed by atoms with van der Waals surface area (Å²) in [5.74, 6) is 0.716. The number of nitrogens with zero attached hydrogens (tertiary/aromatic N) is 2. The number of hydrogen-bond donors (Lipinski definition) is 2. The molecule has 0 bridgehead atoms. The normalized spacial score (nSPS) is 10.9. The van der Waals surface area contributed by atoms with Crippen molar-refractivity contribution in [1.29, 1.82) is 0 Å². The zero-order valence-electron chi connectivity index (χ0n) is 9.31. The Morgan fingerprint density at radius 2 is 2.38 bits per heavy atom. The van der Waals surface area contributed by atoms with Crippen LogP contribution in [-0.2, 0) is 11.3 Å². The van der Waals surface area contributed by atoms with Gasteiger partial charge >= 0.3 is 5.69 Å². The number of rotatable bonds is 8. The molecule has 0 spiro atoms. The highest BCUT2D eigenvalue weighted by molar-refractivity contribution is 7.99. The molecule has 7 heteroatoms. The molecule has 1 heterocycles. The van der Waals surface area contributed by atoms with Crippen molar-refractivity contribution in [3.05, 3.63) is 10.5 Å². The summed E-state index contributed by atoms with van der Waals surface area (Å²) in [4.78, 5) is 11.3. The lowest BCUT2D eigenvalue weighted by molar-refractivity contribution is 0.103. The summed E-state index contributed by atoms with van der Waals surface area (Å²) in [6.07, 6.45) is 0.897. The molecule has 0 aliphatic rings. The van der Waals surface area contributed by atoms with E-state index < -0.39 is 0 Å². The third kappa shape index (κ3) is 3.99. The van der Waals surface area contributed by atoms with Crippen molar-refractivity contribution in [3.8, 4) is 0 Å². The molecule has 0 saturated heterocycles. The predicted molar refractivity (Wildman–Crippen MR) is 61.8 cm³/mol. The molecule has 0 fully saturated rings. The third-order valence-corrected chi connectivity index (χ3v) is 2.81. The van der Waals surface area contributed by atoms with E-state index >= 15 is 0 Å². The predicted octanol–water partition coefficient (Wildman–Crippen LogP) is 0.0824. The topological polar surface area (TPSA) is 80.1 Å². The molecule has 0 radical (unpaired) electrons. The van der Waals surface area contributed by atoms with Crippen LogP contribution in [-0.4, -0.2) is 45.4 Å². The van der Waals surface area contributed by atoms with Gasteiger partial charge in [-0.15, -0.1) is 5.10 Å². The molecule has 0 aromatic carbocycles. The van der Waals surface area contributed by atoms with E-state index in [1.165, 1.54) is 11.8 Å². The van der Waals surface area contributed by atoms with E-state index in [0.717, 1.165) is 6.42 Å². The number of aromatic amines is 1. The quantitative estimate of drug-likeness (QED) is 0.502. The van der Waals surface area contributed by atoms with Gasteiger partial charge in [0.15, 0.2) is 5.16 Å². The van der Waals surface area contributed by atoms with E-state index in [0.29, 0.717) is 30.7 Å². The number of aliphatic hydroxyl groups is 1. The Kier molecular flexibility index (Phi) is 6.20. The highest BCUT2D eigenvalue weighted by atomic mass is 32.2. The first-order chi connectivity index (χ1) is 7.79. The second-order valence-electron chi connectivity index (χ2n) is 3.15. The number of aromatic nitrogens is 3. The molecular formula is C9H17N3O3S. The summed E-state index contributed by atoms with van der Waals surface area (Å²) in [6, 6.07) is 0. The van der Waals surface area contributed by atoms with Crippen molar-refractivity contribution in [2.24, 2.45) is 0 Å². The zero-order chi connectivity index (χ0) is 11.8. The van der Waals surface area contributed by atoms with Gasteiger partial charge in [0.1, 0.15) is 0 Å². The van der Waals surface area contributed by atoms with E-state index in [4.69, 9.17) is 9.84 Å². The summed E-state index contributed by atoms with van der Waals surface area (Å²) in [6.45, 7) is 3.61. The second kappa shape index (κ2) is 7.48. The molecule has 0 amide bonds. The number of ether oxygens (including phenoxy) is 1. The molecule has 1 aromatic rings. The van der Waals surface area contributed by atoms with Gasteiger partial charge in [-0.25, -0.2) is 9.89 Å². The molecule has 0 unspecified atom stereocenters. The number of thioether (sulfide) groups is 1. The van der Waals surface area contributed by atoms with Crippen LogP contribution in [0.3, 0.4) is 0 Å². The molecule has 0 saturated carbocycles. The van der Waals surface area contributed by atoms with E-state index in [1.54, 1.807) is 4.57 Å². The van der Waals surface area contributed by atoms with Crippen molar-refractivity contribution in [2.45, 2.75) is 25.0 Å². The van der Waals surface area contributed by atoms with Gasteiger partial charge in [-0.05, 0) is 6.42 Å². The number of nitrogens with one attached hydrogen (secondary N) is 1. The van der Waals surface area contributed by atoms with E-state index in [9.17, 15) is 4.79 Å². The third-order valence-electron chi connectivity index (χ3n) is 1.86. The van der Waals surface area contributed by atoms with Crippen molar-refractivity contribution >= 4 is 11.8 Å². The van der Waals surface area contributed by atoms with Gasteiger partial charge in [-0.1, -0.05) is 18.7 Å². The maximum atomic E-state index is 11.3. The minimum atomic E-state index is -0.166. The minimum Gasteiger partial charge on any atom is -0.394 e. The van der Waals surface area contributed by atoms with Crippen LogP contribution >= 0.6 is 11.8 Å². The molecule has 16 heavy (non-hydrogen) atoms. The van der Waals surface area contributed by atoms with E-state index in [2.05, 4.69) is 10.2 Å². The minimum absolute atomic E-state index is 0.0353. The second-order valence-corrected chi connectivity index (χ2v) is 4.21. The van der Waals surface area contributed by atoms with Gasteiger partial charge in [0.25, 0.3) is 0 Å². The lowest BCUT2D eigenvalue weighted by Gasteiger charge is -2.03. The Morgan fingerprint density at radius 1 is 1.56 bits per heavy atom. The molecule has 6 nitrogen and oxygen atoms in total. The van der Waals surface area contributed by atoms with Gasteiger partial charge in [-0.3, -0.25) is 4.57 Å². The summed E-state index contributed by atoms with van der Waals surface area (Å²) in [7, 11) is 0. The van der Waals surface area contributed by atoms with Crippen molar-refractivity contribution in [1.82, 2.24) is 14.8 Å². The summed E-state index contributed by atoms with van der Waals surface area (Å²) in [5.41, 5.74) is -0.166. The standard InChI is InChI=1S/C9H17N3O3S/c1-2-3-12-8(14)10-11-9(12)16-7-6-15-5-4-13/h13H,2-7H2,1H3,(H,10,14). The fraction of sp³-hybridized carbons (Fsp3) is 0.778. The lowest BCUT2D eigenvalue weighted by atomic mass is 10.5. The van der Waals surface area contributed by atoms with Gasteiger partial charge in [-0.2, -0.15) is 0 Å². The smallest absolute Gasteiger partial charge is 0.343 e. The molecule has 0 aliphatic carbocycles. The fourth-order valence-corrected chi connectivity index (χ4v) is 2.02. The number of aliphatic hydroxyl groups excluding tert-OH is 1. The fourth-order valence-electron chi connectivity index (χ4n) is 1.19. The van der Waals surface area contributed by atoms with Crippen LogP contribution in [0, 0.1) is 0 Å². The van der Waals surface area contributed by atoms with Gasteiger partial charge in [0.05, 0.1) is 19.8 Å². The Labute approximate surface area is 98.0 Å². The van der Waals surface area contributed by atoms with Crippen LogP contribution in [0.4, 0.5) is 0 Å². The first-order valence-electron chi connectivity index (χ1n) is 5.26. The molecule has 1 aromatic heterocycles. The Bertz CT molecular complexity index is 350. The molecule has 0 aliphatic heterocycles. The monoisotopic (exact) mass is 247 g/mol. The molecule has 1 rings (SSSR count). The van der Waals surface area contributed by atoms with Crippen LogP contribution < -0.4 is 5.69 Å². The highest BCUT2D eigenvalue weighted by Crippen LogP contribution is 2.12. The summed E-state index contributed by atoms with van der Waals surface area (Å²) in [5, 5.41) is 15.6. The molecule has 2 N–H and O–H groups in total. The van der Waals surface area contributed by atoms with Gasteiger partial charge < -0.3 is 9.84 Å².